The van der Waals surface area contributed by atoms with Gasteiger partial charge in [0.25, 0.3) is 5.91 Å². The number of carbonyl (C=O) groups is 1. The van der Waals surface area contributed by atoms with Crippen LogP contribution in [0.5, 0.6) is 11.5 Å². The average Bonchev–Trinajstić information content (AvgIpc) is 3.10. The molecule has 0 heterocycles. The third-order valence-corrected chi connectivity index (χ3v) is 4.65. The lowest BCUT2D eigenvalue weighted by atomic mass is 9.87. The van der Waals surface area contributed by atoms with Gasteiger partial charge in [-0.05, 0) is 31.0 Å². The van der Waals surface area contributed by atoms with Gasteiger partial charge in [0.1, 0.15) is 5.82 Å². The second kappa shape index (κ2) is 7.55. The first-order valence-electron chi connectivity index (χ1n) is 8.46. The number of hydrogen-bond acceptors (Lipinski definition) is 3. The molecule has 25 heavy (non-hydrogen) atoms. The zero-order valence-corrected chi connectivity index (χ0v) is 14.3. The number of benzene rings is 2. The lowest BCUT2D eigenvalue weighted by Crippen LogP contribution is -2.46. The highest BCUT2D eigenvalue weighted by molar-refractivity contribution is 5.78. The van der Waals surface area contributed by atoms with Crippen molar-refractivity contribution in [1.29, 1.82) is 0 Å². The van der Waals surface area contributed by atoms with Crippen molar-refractivity contribution in [3.8, 4) is 11.5 Å². The molecule has 4 nitrogen and oxygen atoms in total. The Balaban J connectivity index is 1.71. The van der Waals surface area contributed by atoms with Gasteiger partial charge in [-0.1, -0.05) is 43.2 Å². The zero-order valence-electron chi connectivity index (χ0n) is 14.3. The minimum absolute atomic E-state index is 0.142. The molecular formula is C20H22FNO3. The number of ether oxygens (including phenoxy) is 2. The number of rotatable bonds is 6. The predicted molar refractivity (Wildman–Crippen MR) is 93.2 cm³/mol. The average molecular weight is 343 g/mol. The number of hydrogen-bond donors (Lipinski definition) is 1. The van der Waals surface area contributed by atoms with Gasteiger partial charge in [0.15, 0.2) is 18.1 Å². The number of para-hydroxylation sites is 2. The Morgan fingerprint density at radius 1 is 1.08 bits per heavy atom. The van der Waals surface area contributed by atoms with Crippen molar-refractivity contribution in [2.24, 2.45) is 0 Å². The summed E-state index contributed by atoms with van der Waals surface area (Å²) in [5.74, 6) is 0.526. The normalized spacial score (nSPS) is 15.6. The van der Waals surface area contributed by atoms with Crippen LogP contribution in [0, 0.1) is 5.82 Å². The summed E-state index contributed by atoms with van der Waals surface area (Å²) in [5.41, 5.74) is -0.0924. The smallest absolute Gasteiger partial charge is 0.258 e. The van der Waals surface area contributed by atoms with E-state index in [-0.39, 0.29) is 18.3 Å². The molecule has 0 spiro atoms. The summed E-state index contributed by atoms with van der Waals surface area (Å²) < 4.78 is 25.1. The van der Waals surface area contributed by atoms with Crippen LogP contribution >= 0.6 is 0 Å². The van der Waals surface area contributed by atoms with Crippen LogP contribution in [0.1, 0.15) is 31.2 Å². The van der Waals surface area contributed by atoms with Crippen LogP contribution in [0.3, 0.4) is 0 Å². The maximum Gasteiger partial charge on any atom is 0.258 e. The van der Waals surface area contributed by atoms with Crippen molar-refractivity contribution in [3.63, 3.8) is 0 Å². The van der Waals surface area contributed by atoms with E-state index in [1.54, 1.807) is 37.4 Å². The minimum Gasteiger partial charge on any atom is -0.493 e. The number of nitrogens with one attached hydrogen (secondary N) is 1. The van der Waals surface area contributed by atoms with Gasteiger partial charge in [-0.15, -0.1) is 0 Å². The number of halogens is 1. The molecule has 5 heteroatoms. The summed E-state index contributed by atoms with van der Waals surface area (Å²) in [6, 6.07) is 13.8. The highest BCUT2D eigenvalue weighted by atomic mass is 19.1. The highest BCUT2D eigenvalue weighted by Gasteiger charge is 2.38. The maximum absolute atomic E-state index is 14.3. The van der Waals surface area contributed by atoms with Crippen molar-refractivity contribution in [3.05, 3.63) is 59.9 Å². The minimum atomic E-state index is -0.646. The molecule has 3 rings (SSSR count). The van der Waals surface area contributed by atoms with Crippen molar-refractivity contribution in [2.75, 3.05) is 13.7 Å². The van der Waals surface area contributed by atoms with Crippen LogP contribution in [0.15, 0.2) is 48.5 Å². The molecule has 2 aromatic carbocycles. The summed E-state index contributed by atoms with van der Waals surface area (Å²) in [7, 11) is 1.55. The van der Waals surface area contributed by atoms with E-state index in [4.69, 9.17) is 9.47 Å². The Kier molecular flexibility index (Phi) is 5.22. The van der Waals surface area contributed by atoms with Crippen LogP contribution in [0.25, 0.3) is 0 Å². The second-order valence-corrected chi connectivity index (χ2v) is 6.26. The molecule has 0 aliphatic heterocycles. The quantitative estimate of drug-likeness (QED) is 0.868. The van der Waals surface area contributed by atoms with Gasteiger partial charge in [0, 0.05) is 5.56 Å². The first-order chi connectivity index (χ1) is 12.1. The Hall–Kier alpha value is -2.56. The van der Waals surface area contributed by atoms with E-state index in [2.05, 4.69) is 5.32 Å². The number of methoxy groups -OCH3 is 1. The summed E-state index contributed by atoms with van der Waals surface area (Å²) >= 11 is 0. The summed E-state index contributed by atoms with van der Waals surface area (Å²) in [5, 5.41) is 3.01. The van der Waals surface area contributed by atoms with Gasteiger partial charge in [-0.3, -0.25) is 4.79 Å². The molecule has 1 aliphatic carbocycles. The fourth-order valence-electron chi connectivity index (χ4n) is 3.47. The first-order valence-corrected chi connectivity index (χ1v) is 8.46. The molecule has 132 valence electrons. The molecule has 0 radical (unpaired) electrons. The topological polar surface area (TPSA) is 47.6 Å². The lowest BCUT2D eigenvalue weighted by Gasteiger charge is -2.31. The van der Waals surface area contributed by atoms with Crippen LogP contribution in [-0.4, -0.2) is 19.6 Å². The first kappa shape index (κ1) is 17.3. The monoisotopic (exact) mass is 343 g/mol. The fraction of sp³-hybridized carbons (Fsp3) is 0.350. The lowest BCUT2D eigenvalue weighted by molar-refractivity contribution is -0.125. The van der Waals surface area contributed by atoms with E-state index < -0.39 is 5.54 Å². The predicted octanol–water partition coefficient (Wildman–Crippen LogP) is 3.80. The molecule has 1 amide bonds. The molecule has 1 N–H and O–H groups in total. The van der Waals surface area contributed by atoms with E-state index in [1.807, 2.05) is 12.1 Å². The Bertz CT molecular complexity index is 741. The zero-order chi connectivity index (χ0) is 17.7. The van der Waals surface area contributed by atoms with Crippen LogP contribution in [-0.2, 0) is 10.3 Å². The molecule has 1 fully saturated rings. The van der Waals surface area contributed by atoms with E-state index in [0.29, 0.717) is 17.1 Å². The molecule has 0 unspecified atom stereocenters. The van der Waals surface area contributed by atoms with Gasteiger partial charge < -0.3 is 14.8 Å². The molecule has 0 bridgehead atoms. The third-order valence-electron chi connectivity index (χ3n) is 4.65. The highest BCUT2D eigenvalue weighted by Crippen LogP contribution is 2.39. The molecule has 0 saturated heterocycles. The van der Waals surface area contributed by atoms with Gasteiger partial charge in [-0.2, -0.15) is 0 Å². The molecule has 1 saturated carbocycles. The van der Waals surface area contributed by atoms with Gasteiger partial charge >= 0.3 is 0 Å². The number of carbonyl (C=O) groups excluding carboxylic acids is 1. The molecular weight excluding hydrogens is 321 g/mol. The summed E-state index contributed by atoms with van der Waals surface area (Å²) in [6.07, 6.45) is 3.38. The molecule has 2 aromatic rings. The Morgan fingerprint density at radius 3 is 2.40 bits per heavy atom. The van der Waals surface area contributed by atoms with Crippen molar-refractivity contribution in [1.82, 2.24) is 5.32 Å². The van der Waals surface area contributed by atoms with Crippen molar-refractivity contribution in [2.45, 2.75) is 31.2 Å². The van der Waals surface area contributed by atoms with E-state index in [1.165, 1.54) is 6.07 Å². The molecule has 1 aliphatic rings. The summed E-state index contributed by atoms with van der Waals surface area (Å²) in [4.78, 5) is 12.5. The second-order valence-electron chi connectivity index (χ2n) is 6.26. The van der Waals surface area contributed by atoms with E-state index in [0.717, 1.165) is 25.7 Å². The van der Waals surface area contributed by atoms with Gasteiger partial charge in [0.05, 0.1) is 12.6 Å². The third kappa shape index (κ3) is 3.76. The van der Waals surface area contributed by atoms with E-state index in [9.17, 15) is 9.18 Å². The largest absolute Gasteiger partial charge is 0.493 e. The SMILES string of the molecule is COc1ccccc1OCC(=O)NC1(c2ccccc2F)CCCC1. The molecule has 0 atom stereocenters. The van der Waals surface area contributed by atoms with Crippen LogP contribution < -0.4 is 14.8 Å². The van der Waals surface area contributed by atoms with Crippen LogP contribution in [0.2, 0.25) is 0 Å². The van der Waals surface area contributed by atoms with Gasteiger partial charge in [-0.25, -0.2) is 4.39 Å². The fourth-order valence-corrected chi connectivity index (χ4v) is 3.47. The van der Waals surface area contributed by atoms with Crippen LogP contribution in [0.4, 0.5) is 4.39 Å². The van der Waals surface area contributed by atoms with Gasteiger partial charge in [0.2, 0.25) is 0 Å². The Labute approximate surface area is 147 Å². The van der Waals surface area contributed by atoms with Crippen molar-refractivity contribution >= 4 is 5.91 Å². The van der Waals surface area contributed by atoms with Crippen molar-refractivity contribution < 1.29 is 18.7 Å². The summed E-state index contributed by atoms with van der Waals surface area (Å²) in [6.45, 7) is -0.142. The standard InChI is InChI=1S/C20H22FNO3/c1-24-17-10-4-5-11-18(17)25-14-19(23)22-20(12-6-7-13-20)15-8-2-3-9-16(15)21/h2-5,8-11H,6-7,12-14H2,1H3,(H,22,23). The van der Waals surface area contributed by atoms with E-state index >= 15 is 0 Å². The number of amides is 1. The Morgan fingerprint density at radius 2 is 1.72 bits per heavy atom. The molecule has 0 aromatic heterocycles. The maximum atomic E-state index is 14.3.